The van der Waals surface area contributed by atoms with E-state index in [9.17, 15) is 78.3 Å². The van der Waals surface area contributed by atoms with E-state index in [1.54, 1.807) is 123 Å². The molecule has 4 aromatic carbocycles. The molecule has 774 valence electrons. The number of aliphatic hydroxyl groups excluding tert-OH is 1. The molecule has 16 amide bonds. The van der Waals surface area contributed by atoms with Crippen molar-refractivity contribution in [3.8, 4) is 0 Å². The van der Waals surface area contributed by atoms with Crippen LogP contribution in [0.5, 0.6) is 0 Å². The van der Waals surface area contributed by atoms with Gasteiger partial charge in [0.05, 0.1) is 51.5 Å². The van der Waals surface area contributed by atoms with E-state index in [4.69, 9.17) is 17.2 Å². The smallest absolute Gasteiger partial charge is 0.317 e. The minimum absolute atomic E-state index is 0.00504. The van der Waals surface area contributed by atoms with Gasteiger partial charge in [0.25, 0.3) is 0 Å². The van der Waals surface area contributed by atoms with Crippen LogP contribution >= 0.6 is 21.6 Å². The number of hydrogen-bond donors (Lipinski definition) is 22. The number of rotatable bonds is 38. The molecule has 13 atom stereocenters. The summed E-state index contributed by atoms with van der Waals surface area (Å²) in [6, 6.07) is 4.42. The van der Waals surface area contributed by atoms with Crippen LogP contribution in [0.3, 0.4) is 0 Å². The summed E-state index contributed by atoms with van der Waals surface area (Å²) < 4.78 is 0. The number of likely N-dealkylation sites (tertiary alicyclic amines) is 1. The standard InChI is InChI=1S/C94H126N22O25S2/c1-52(117)81(110-89(136)66(101-53(2)118)39-58-44-99-62-21-10-8-19-60(58)62)92(139)111-82(56-16-4-3-5-17-56)93(140)109-72-51-143-142-50-71(91(138)107-70(94(141)116-28-14-24-73(116)83(97)130)40-59-45-100-63-22-11-9-20-61(59)63)108-88(135)69(43-77(122)123)106-84(131)64(23-12-13-27-98-76(121)46-112-29-31-113(47-78(124)125)33-35-115(49-80(128)129)36-34-114(32-30-112)48-79(126)127)102-85(132)65(38-54-25-26-55-15-6-7-18-57(55)37-54)103-86(133)67(41-74(95)119)104-87(134)68(42-75(96)120)105-90(72)137/h6-11,15,18-22,25-26,37,44-45,52,56,64-73,81-82,99-100,117H,3-5,12-14,16-17,23-24,27-36,38-43,46-51H2,1-2H3,(H2,95,119)(H2,96,120)(H2,97,130)(H,98,121)(H,101,118)(H,102,132)(H,103,133)(H,104,134)(H,105,137)(H,106,131)(H,107,138)(H,108,135)(H,109,140)(H,110,136)(H,111,139)(H,122,123)(H,124,125)(H,126,127)(H,128,129)/t52-,64+,65+,66+,67+,68+,69+,70+,71+,72+,73+,81+,82+/m1/s1. The van der Waals surface area contributed by atoms with Gasteiger partial charge in [0.2, 0.25) is 94.5 Å². The third-order valence-corrected chi connectivity index (χ3v) is 27.6. The van der Waals surface area contributed by atoms with Crippen LogP contribution in [-0.2, 0) is 115 Å². The summed E-state index contributed by atoms with van der Waals surface area (Å²) in [7, 11) is 1.39. The van der Waals surface area contributed by atoms with Gasteiger partial charge in [0.15, 0.2) is 0 Å². The average molecular weight is 2030 g/mol. The van der Waals surface area contributed by atoms with Crippen LogP contribution in [0.25, 0.3) is 32.6 Å². The molecule has 0 spiro atoms. The Morgan fingerprint density at radius 1 is 0.476 bits per heavy atom. The Labute approximate surface area is 829 Å². The number of H-pyrrole nitrogens is 2. The van der Waals surface area contributed by atoms with Crippen LogP contribution in [0.15, 0.2) is 103 Å². The minimum Gasteiger partial charge on any atom is -0.481 e. The first kappa shape index (κ1) is 111. The number of carboxylic acid groups (broad SMARTS) is 4. The molecule has 3 saturated heterocycles. The molecule has 47 nitrogen and oxygen atoms in total. The number of fused-ring (bicyclic) bond motifs is 3. The zero-order chi connectivity index (χ0) is 104. The Balaban J connectivity index is 1.00. The van der Waals surface area contributed by atoms with Gasteiger partial charge in [-0.05, 0) is 97.4 Å². The Kier molecular flexibility index (Phi) is 42.2. The van der Waals surface area contributed by atoms with E-state index >= 15 is 43.2 Å². The molecule has 4 aliphatic rings. The van der Waals surface area contributed by atoms with Crippen LogP contribution in [-0.4, -0.2) is 360 Å². The molecule has 0 radical (unpaired) electrons. The molecular weight excluding hydrogens is 1900 g/mol. The van der Waals surface area contributed by atoms with Gasteiger partial charge in [-0.25, -0.2) is 0 Å². The number of carboxylic acids is 4. The molecule has 6 aromatic rings. The van der Waals surface area contributed by atoms with Gasteiger partial charge in [0.1, 0.15) is 72.5 Å². The molecule has 2 aromatic heterocycles. The van der Waals surface area contributed by atoms with E-state index in [0.29, 0.717) is 91.2 Å². The molecule has 143 heavy (non-hydrogen) atoms. The summed E-state index contributed by atoms with van der Waals surface area (Å²) in [6.07, 6.45) is -0.537. The zero-order valence-electron chi connectivity index (χ0n) is 79.2. The summed E-state index contributed by atoms with van der Waals surface area (Å²) in [5.74, 6) is -24.8. The van der Waals surface area contributed by atoms with E-state index < -0.39 is 266 Å². The first-order valence-electron chi connectivity index (χ1n) is 47.2. The van der Waals surface area contributed by atoms with Crippen LogP contribution in [0.2, 0.25) is 0 Å². The molecule has 5 heterocycles. The van der Waals surface area contributed by atoms with Crippen molar-refractivity contribution >= 4 is 173 Å². The molecule has 0 bridgehead atoms. The number of aromatic nitrogens is 2. The van der Waals surface area contributed by atoms with Crippen molar-refractivity contribution < 1.29 is 121 Å². The molecule has 1 saturated carbocycles. The van der Waals surface area contributed by atoms with Gasteiger partial charge in [0, 0.05) is 137 Å². The number of para-hydroxylation sites is 2. The first-order chi connectivity index (χ1) is 68.2. The van der Waals surface area contributed by atoms with Crippen molar-refractivity contribution in [1.29, 1.82) is 0 Å². The van der Waals surface area contributed by atoms with Crippen LogP contribution in [0.1, 0.15) is 114 Å². The third-order valence-electron chi connectivity index (χ3n) is 25.2. The number of nitrogens with zero attached hydrogens (tertiary/aromatic N) is 5. The summed E-state index contributed by atoms with van der Waals surface area (Å²) in [4.78, 5) is 297. The van der Waals surface area contributed by atoms with Crippen molar-refractivity contribution in [2.45, 2.75) is 195 Å². The van der Waals surface area contributed by atoms with Gasteiger partial charge in [-0.3, -0.25) is 115 Å². The fourth-order valence-corrected chi connectivity index (χ4v) is 20.1. The highest BCUT2D eigenvalue weighted by atomic mass is 33.1. The lowest BCUT2D eigenvalue weighted by molar-refractivity contribution is -0.142. The van der Waals surface area contributed by atoms with Gasteiger partial charge in [-0.15, -0.1) is 0 Å². The van der Waals surface area contributed by atoms with Crippen LogP contribution < -0.4 is 81.0 Å². The number of nitrogens with one attached hydrogen (secondary N) is 14. The summed E-state index contributed by atoms with van der Waals surface area (Å²) in [5, 5.41) is 84.8. The highest BCUT2D eigenvalue weighted by Crippen LogP contribution is 2.31. The van der Waals surface area contributed by atoms with Gasteiger partial charge < -0.3 is 121 Å². The number of primary amides is 3. The number of amides is 16. The number of aromatic amines is 2. The van der Waals surface area contributed by atoms with Crippen molar-refractivity contribution in [3.63, 3.8) is 0 Å². The third kappa shape index (κ3) is 34.5. The zero-order valence-corrected chi connectivity index (χ0v) is 80.8. The van der Waals surface area contributed by atoms with Crippen LogP contribution in [0, 0.1) is 5.92 Å². The first-order valence-corrected chi connectivity index (χ1v) is 49.7. The number of carbonyl (C=O) groups excluding carboxylic acids is 16. The second kappa shape index (κ2) is 54.4. The maximum absolute atomic E-state index is 15.6. The lowest BCUT2D eigenvalue weighted by atomic mass is 9.83. The maximum atomic E-state index is 15.6. The predicted molar refractivity (Wildman–Crippen MR) is 521 cm³/mol. The molecule has 1 aliphatic carbocycles. The van der Waals surface area contributed by atoms with Crippen molar-refractivity contribution in [1.82, 2.24) is 98.3 Å². The number of aliphatic hydroxyl groups is 1. The Hall–Kier alpha value is -13.9. The number of aliphatic carboxylic acids is 4. The van der Waals surface area contributed by atoms with E-state index in [0.717, 1.165) is 5.39 Å². The molecule has 3 aliphatic heterocycles. The largest absolute Gasteiger partial charge is 0.481 e. The second-order valence-electron chi connectivity index (χ2n) is 36.1. The second-order valence-corrected chi connectivity index (χ2v) is 38.7. The number of nitrogens with two attached hydrogens (primary N) is 3. The van der Waals surface area contributed by atoms with Gasteiger partial charge in [-0.2, -0.15) is 0 Å². The molecule has 0 unspecified atom stereocenters. The molecule has 4 fully saturated rings. The van der Waals surface area contributed by atoms with Crippen molar-refractivity contribution in [2.24, 2.45) is 23.1 Å². The average Bonchev–Trinajstić information content (AvgIpc) is 1.68. The summed E-state index contributed by atoms with van der Waals surface area (Å²) >= 11 is 0. The summed E-state index contributed by atoms with van der Waals surface area (Å²) in [6.45, 7) is 1.33. The molecular formula is C94H126N22O25S2. The lowest BCUT2D eigenvalue weighted by Crippen LogP contribution is -2.63. The van der Waals surface area contributed by atoms with E-state index in [-0.39, 0.29) is 117 Å². The monoisotopic (exact) mass is 2030 g/mol. The molecule has 10 rings (SSSR count). The van der Waals surface area contributed by atoms with E-state index in [1.807, 2.05) is 0 Å². The fourth-order valence-electron chi connectivity index (χ4n) is 17.8. The predicted octanol–water partition coefficient (Wildman–Crippen LogP) is -4.00. The lowest BCUT2D eigenvalue weighted by Gasteiger charge is -2.33. The molecule has 49 heteroatoms. The number of carbonyl (C=O) groups is 20. The number of benzene rings is 4. The SMILES string of the molecule is CC(=O)N[C@@H](Cc1c[nH]c2ccccc12)C(=O)N[C@H](C(=O)N[C@H](C(=O)N[C@H]1CSSC[C@@H](C(=O)N[C@@H](Cc2c[nH]c3ccccc23)C(=O)N2CCC[C@H]2C(N)=O)NC(=O)[C@H](CC(=O)O)NC(=O)[C@H](CCCCNC(=O)CN2CCN(CC(=O)O)CCN(CC(=O)O)CCN(CC(=O)O)CC2)NC(=O)[C@H](Cc2ccc3ccccc3c2)NC(=O)[C@H](CC(N)=O)NC(=O)[C@H](CC(N)=O)NC1=O)C1CCCCC1)[C@@H](C)O. The van der Waals surface area contributed by atoms with Crippen molar-refractivity contribution in [2.75, 3.05) is 103 Å². The van der Waals surface area contributed by atoms with Gasteiger partial charge in [-0.1, -0.05) is 120 Å². The topological polar surface area (TPSA) is 713 Å². The minimum atomic E-state index is -2.20. The number of unbranched alkanes of at least 4 members (excludes halogenated alkanes) is 1. The number of hydrogen-bond acceptors (Lipinski definition) is 27. The normalized spacial score (nSPS) is 21.5. The van der Waals surface area contributed by atoms with Crippen molar-refractivity contribution in [3.05, 3.63) is 120 Å². The van der Waals surface area contributed by atoms with E-state index in [2.05, 4.69) is 73.8 Å². The quantitative estimate of drug-likeness (QED) is 0.0130. The Morgan fingerprint density at radius 3 is 1.50 bits per heavy atom. The van der Waals surface area contributed by atoms with Gasteiger partial charge >= 0.3 is 23.9 Å². The fraction of sp³-hybridized carbons (Fsp3) is 0.511. The highest BCUT2D eigenvalue weighted by Gasteiger charge is 2.43. The molecule has 25 N–H and O–H groups in total. The maximum Gasteiger partial charge on any atom is 0.317 e. The Morgan fingerprint density at radius 2 is 0.965 bits per heavy atom. The summed E-state index contributed by atoms with van der Waals surface area (Å²) in [5.41, 5.74) is 20.2. The highest BCUT2D eigenvalue weighted by molar-refractivity contribution is 8.76. The van der Waals surface area contributed by atoms with Crippen LogP contribution in [0.4, 0.5) is 0 Å². The Bertz CT molecular complexity index is 5570. The van der Waals surface area contributed by atoms with E-state index in [1.165, 1.54) is 18.7 Å².